The fourth-order valence-electron chi connectivity index (χ4n) is 1.63. The van der Waals surface area contributed by atoms with Gasteiger partial charge in [-0.15, -0.1) is 0 Å². The van der Waals surface area contributed by atoms with Gasteiger partial charge in [-0.1, -0.05) is 11.6 Å². The van der Waals surface area contributed by atoms with Gasteiger partial charge in [-0.3, -0.25) is 14.9 Å². The van der Waals surface area contributed by atoms with E-state index in [-0.39, 0.29) is 11.1 Å². The zero-order valence-corrected chi connectivity index (χ0v) is 10.3. The molecule has 1 aliphatic heterocycles. The Bertz CT molecular complexity index is 670. The van der Waals surface area contributed by atoms with E-state index in [9.17, 15) is 9.59 Å². The molecule has 0 aliphatic carbocycles. The summed E-state index contributed by atoms with van der Waals surface area (Å²) in [5.41, 5.74) is 1.32. The van der Waals surface area contributed by atoms with Crippen LogP contribution in [0, 0.1) is 0 Å². The molecule has 90 valence electrons. The second kappa shape index (κ2) is 4.04. The minimum absolute atomic E-state index is 0.265. The maximum atomic E-state index is 11.5. The quantitative estimate of drug-likeness (QED) is 0.820. The molecule has 0 saturated heterocycles. The van der Waals surface area contributed by atoms with Gasteiger partial charge in [-0.2, -0.15) is 8.75 Å². The number of imide groups is 1. The van der Waals surface area contributed by atoms with Crippen molar-refractivity contribution in [2.24, 2.45) is 0 Å². The highest BCUT2D eigenvalue weighted by Crippen LogP contribution is 2.25. The summed E-state index contributed by atoms with van der Waals surface area (Å²) in [6.07, 6.45) is 0. The largest absolute Gasteiger partial charge is 0.337 e. The van der Waals surface area contributed by atoms with Crippen LogP contribution in [0.5, 0.6) is 0 Å². The lowest BCUT2D eigenvalue weighted by Gasteiger charge is -2.03. The summed E-state index contributed by atoms with van der Waals surface area (Å²) in [5.74, 6) is -0.359. The van der Waals surface area contributed by atoms with Crippen LogP contribution in [0.3, 0.4) is 0 Å². The molecule has 18 heavy (non-hydrogen) atoms. The van der Waals surface area contributed by atoms with Crippen LogP contribution in [0.2, 0.25) is 5.15 Å². The molecule has 0 spiro atoms. The van der Waals surface area contributed by atoms with Gasteiger partial charge in [0.1, 0.15) is 0 Å². The maximum Gasteiger partial charge on any atom is 0.259 e. The smallest absolute Gasteiger partial charge is 0.259 e. The molecule has 0 bridgehead atoms. The van der Waals surface area contributed by atoms with Crippen molar-refractivity contribution in [1.29, 1.82) is 0 Å². The van der Waals surface area contributed by atoms with Gasteiger partial charge < -0.3 is 5.32 Å². The number of halogens is 1. The van der Waals surface area contributed by atoms with Gasteiger partial charge in [0.05, 0.1) is 22.9 Å². The van der Waals surface area contributed by atoms with Crippen LogP contribution in [-0.4, -0.2) is 20.6 Å². The minimum atomic E-state index is -0.402. The monoisotopic (exact) mass is 280 g/mol. The first-order chi connectivity index (χ1) is 8.65. The van der Waals surface area contributed by atoms with Gasteiger partial charge >= 0.3 is 0 Å². The number of hydrogen-bond acceptors (Lipinski definition) is 6. The second-order valence-electron chi connectivity index (χ2n) is 3.57. The van der Waals surface area contributed by atoms with Gasteiger partial charge in [-0.25, -0.2) is 0 Å². The third kappa shape index (κ3) is 1.73. The molecule has 2 aromatic rings. The third-order valence-electron chi connectivity index (χ3n) is 2.45. The average molecular weight is 281 g/mol. The molecule has 1 aromatic heterocycles. The summed E-state index contributed by atoms with van der Waals surface area (Å²) in [4.78, 5) is 22.9. The van der Waals surface area contributed by atoms with Gasteiger partial charge in [0.15, 0.2) is 11.0 Å². The number of anilines is 2. The summed E-state index contributed by atoms with van der Waals surface area (Å²) in [7, 11) is 0. The van der Waals surface area contributed by atoms with Crippen molar-refractivity contribution >= 4 is 46.6 Å². The number of nitrogens with one attached hydrogen (secondary N) is 2. The number of benzene rings is 1. The fraction of sp³-hybridized carbons (Fsp3) is 0. The molecule has 6 nitrogen and oxygen atoms in total. The van der Waals surface area contributed by atoms with Gasteiger partial charge in [0.2, 0.25) is 0 Å². The Morgan fingerprint density at radius 1 is 1.17 bits per heavy atom. The van der Waals surface area contributed by atoms with E-state index >= 15 is 0 Å². The van der Waals surface area contributed by atoms with Crippen LogP contribution in [0.4, 0.5) is 11.5 Å². The molecule has 0 radical (unpaired) electrons. The molecule has 8 heteroatoms. The summed E-state index contributed by atoms with van der Waals surface area (Å²) in [6.45, 7) is 0. The molecule has 2 amide bonds. The van der Waals surface area contributed by atoms with Crippen LogP contribution >= 0.6 is 23.3 Å². The van der Waals surface area contributed by atoms with Gasteiger partial charge in [0, 0.05) is 5.69 Å². The first kappa shape index (κ1) is 11.1. The molecule has 3 rings (SSSR count). The predicted molar refractivity (Wildman–Crippen MR) is 66.4 cm³/mol. The van der Waals surface area contributed by atoms with Crippen molar-refractivity contribution < 1.29 is 9.59 Å². The van der Waals surface area contributed by atoms with E-state index in [1.807, 2.05) is 0 Å². The highest BCUT2D eigenvalue weighted by Gasteiger charge is 2.26. The van der Waals surface area contributed by atoms with Crippen molar-refractivity contribution in [3.05, 3.63) is 34.5 Å². The molecule has 1 aromatic carbocycles. The Labute approximate surface area is 110 Å². The number of aromatic nitrogens is 2. The maximum absolute atomic E-state index is 11.5. The Kier molecular flexibility index (Phi) is 2.49. The molecular weight excluding hydrogens is 276 g/mol. The van der Waals surface area contributed by atoms with Crippen molar-refractivity contribution in [3.63, 3.8) is 0 Å². The Hall–Kier alpha value is -1.99. The third-order valence-corrected chi connectivity index (χ3v) is 3.34. The summed E-state index contributed by atoms with van der Waals surface area (Å²) < 4.78 is 7.77. The van der Waals surface area contributed by atoms with Gasteiger partial charge in [-0.05, 0) is 18.2 Å². The molecule has 2 N–H and O–H groups in total. The molecule has 0 fully saturated rings. The van der Waals surface area contributed by atoms with Crippen LogP contribution in [0.25, 0.3) is 0 Å². The van der Waals surface area contributed by atoms with E-state index < -0.39 is 5.91 Å². The lowest BCUT2D eigenvalue weighted by molar-refractivity contribution is 0.0879. The van der Waals surface area contributed by atoms with E-state index in [2.05, 4.69) is 19.4 Å². The number of carbonyl (C=O) groups excluding carboxylic acids is 2. The van der Waals surface area contributed by atoms with Crippen molar-refractivity contribution in [2.45, 2.75) is 0 Å². The zero-order chi connectivity index (χ0) is 12.7. The molecule has 2 heterocycles. The van der Waals surface area contributed by atoms with Crippen molar-refractivity contribution in [1.82, 2.24) is 14.1 Å². The summed E-state index contributed by atoms with van der Waals surface area (Å²) in [5, 5.41) is 5.42. The average Bonchev–Trinajstić information content (AvgIpc) is 2.86. The molecule has 0 unspecified atom stereocenters. The number of carbonyl (C=O) groups is 2. The van der Waals surface area contributed by atoms with E-state index in [4.69, 9.17) is 11.6 Å². The number of amides is 2. The highest BCUT2D eigenvalue weighted by molar-refractivity contribution is 6.99. The van der Waals surface area contributed by atoms with Crippen LogP contribution in [-0.2, 0) is 0 Å². The topological polar surface area (TPSA) is 84.0 Å². The number of hydrogen-bond donors (Lipinski definition) is 2. The van der Waals surface area contributed by atoms with Crippen molar-refractivity contribution in [2.75, 3.05) is 5.32 Å². The highest BCUT2D eigenvalue weighted by atomic mass is 35.5. The van der Waals surface area contributed by atoms with Crippen LogP contribution in [0.15, 0.2) is 18.2 Å². The molecule has 0 saturated carbocycles. The molecular formula is C10H5ClN4O2S. The normalized spacial score (nSPS) is 13.4. The Morgan fingerprint density at radius 2 is 1.94 bits per heavy atom. The lowest BCUT2D eigenvalue weighted by Crippen LogP contribution is -2.19. The number of fused-ring (bicyclic) bond motifs is 1. The Balaban J connectivity index is 1.96. The van der Waals surface area contributed by atoms with Crippen LogP contribution in [0.1, 0.15) is 20.7 Å². The molecule has 0 atom stereocenters. The predicted octanol–water partition coefficient (Wildman–Crippen LogP) is 1.82. The van der Waals surface area contributed by atoms with E-state index in [1.54, 1.807) is 18.2 Å². The van der Waals surface area contributed by atoms with E-state index in [1.165, 1.54) is 0 Å². The Morgan fingerprint density at radius 3 is 2.67 bits per heavy atom. The lowest BCUT2D eigenvalue weighted by atomic mass is 10.1. The van der Waals surface area contributed by atoms with Gasteiger partial charge in [0.25, 0.3) is 11.8 Å². The van der Waals surface area contributed by atoms with Crippen LogP contribution < -0.4 is 10.6 Å². The fourth-order valence-corrected chi connectivity index (χ4v) is 2.28. The van der Waals surface area contributed by atoms with Crippen molar-refractivity contribution in [3.8, 4) is 0 Å². The standard InChI is InChI=1S/C10H5ClN4O2S/c11-7-8(15-18-14-7)12-4-1-2-5-6(3-4)10(17)13-9(5)16/h1-3H,(H,12,15)(H,13,16,17). The zero-order valence-electron chi connectivity index (χ0n) is 8.73. The van der Waals surface area contributed by atoms with E-state index in [0.717, 1.165) is 11.7 Å². The summed E-state index contributed by atoms with van der Waals surface area (Å²) in [6, 6.07) is 4.82. The SMILES string of the molecule is O=C1NC(=O)c2cc(Nc3nsnc3Cl)ccc21. The molecule has 1 aliphatic rings. The second-order valence-corrected chi connectivity index (χ2v) is 4.46. The summed E-state index contributed by atoms with van der Waals surface area (Å²) >= 11 is 6.78. The first-order valence-corrected chi connectivity index (χ1v) is 6.01. The minimum Gasteiger partial charge on any atom is -0.337 e. The van der Waals surface area contributed by atoms with E-state index in [0.29, 0.717) is 22.6 Å². The number of nitrogens with zero attached hydrogens (tertiary/aromatic N) is 2. The number of rotatable bonds is 2. The first-order valence-electron chi connectivity index (χ1n) is 4.90.